The van der Waals surface area contributed by atoms with Crippen molar-refractivity contribution in [2.45, 2.75) is 69.4 Å². The van der Waals surface area contributed by atoms with Gasteiger partial charge in [-0.1, -0.05) is 6.07 Å². The number of pyridine rings is 1. The molecule has 1 aliphatic rings. The van der Waals surface area contributed by atoms with Gasteiger partial charge in [-0.15, -0.1) is 0 Å². The summed E-state index contributed by atoms with van der Waals surface area (Å²) in [6.45, 7) is 5.43. The zero-order valence-electron chi connectivity index (χ0n) is 22.4. The van der Waals surface area contributed by atoms with Crippen molar-refractivity contribution in [1.82, 2.24) is 14.8 Å². The Hall–Kier alpha value is -3.64. The lowest BCUT2D eigenvalue weighted by Gasteiger charge is -2.27. The van der Waals surface area contributed by atoms with E-state index in [1.165, 1.54) is 6.07 Å². The fourth-order valence-corrected chi connectivity index (χ4v) is 6.55. The lowest BCUT2D eigenvalue weighted by molar-refractivity contribution is 0.395. The zero-order valence-corrected chi connectivity index (χ0v) is 23.2. The molecule has 12 heteroatoms. The molecule has 2 aromatic heterocycles. The lowest BCUT2D eigenvalue weighted by Crippen LogP contribution is -2.26. The third-order valence-electron chi connectivity index (χ3n) is 7.42. The van der Waals surface area contributed by atoms with Crippen LogP contribution >= 0.6 is 0 Å². The Balaban J connectivity index is 1.61. The van der Waals surface area contributed by atoms with Crippen molar-refractivity contribution in [3.8, 4) is 11.3 Å². The second-order valence-corrected chi connectivity index (χ2v) is 12.3. The van der Waals surface area contributed by atoms with Gasteiger partial charge in [0.25, 0.3) is 10.0 Å². The summed E-state index contributed by atoms with van der Waals surface area (Å²) in [7, 11) is -4.54. The molecule has 2 heterocycles. The van der Waals surface area contributed by atoms with E-state index < -0.39 is 38.1 Å². The number of hydrogen-bond donors (Lipinski definition) is 3. The molecule has 212 valence electrons. The third kappa shape index (κ3) is 5.01. The number of nitrogens with zero attached hydrogens (tertiary/aromatic N) is 3. The van der Waals surface area contributed by atoms with E-state index in [0.29, 0.717) is 22.5 Å². The Morgan fingerprint density at radius 3 is 2.40 bits per heavy atom. The highest BCUT2D eigenvalue weighted by molar-refractivity contribution is 7.92. The molecule has 0 unspecified atom stereocenters. The molecule has 0 amide bonds. The van der Waals surface area contributed by atoms with E-state index in [4.69, 9.17) is 11.5 Å². The Morgan fingerprint density at radius 1 is 1.02 bits per heavy atom. The number of nitrogen functional groups attached to an aromatic ring is 1. The van der Waals surface area contributed by atoms with E-state index in [0.717, 1.165) is 49.4 Å². The summed E-state index contributed by atoms with van der Waals surface area (Å²) >= 11 is 0. The van der Waals surface area contributed by atoms with Gasteiger partial charge in [0.15, 0.2) is 0 Å². The fraction of sp³-hybridized carbons (Fsp3) is 0.357. The highest BCUT2D eigenvalue weighted by Gasteiger charge is 2.29. The molecule has 0 atom stereocenters. The van der Waals surface area contributed by atoms with E-state index in [2.05, 4.69) is 10.1 Å². The van der Waals surface area contributed by atoms with Crippen molar-refractivity contribution >= 4 is 32.4 Å². The number of nitrogens with two attached hydrogens (primary N) is 2. The Labute approximate surface area is 230 Å². The number of sulfonamides is 1. The largest absolute Gasteiger partial charge is 0.383 e. The molecule has 4 aromatic rings. The molecular formula is C28H31F3N6O2S. The summed E-state index contributed by atoms with van der Waals surface area (Å²) in [4.78, 5) is 3.70. The van der Waals surface area contributed by atoms with Crippen LogP contribution in [0, 0.1) is 24.4 Å². The SMILES string of the molecule is Cc1ccc(F)c(S(=O)(=O)Nc2cc(F)c(-c3nn(C(C)C)c4c(C5CCC(N)CC5)cnc(N)c34)cc2F)c1. The number of hydrogen-bond acceptors (Lipinski definition) is 6. The first-order valence-corrected chi connectivity index (χ1v) is 14.6. The van der Waals surface area contributed by atoms with Crippen LogP contribution in [0.4, 0.5) is 24.7 Å². The second kappa shape index (κ2) is 10.4. The van der Waals surface area contributed by atoms with Crippen LogP contribution in [0.2, 0.25) is 0 Å². The van der Waals surface area contributed by atoms with E-state index >= 15 is 8.78 Å². The summed E-state index contributed by atoms with van der Waals surface area (Å²) in [5.74, 6) is -2.73. The smallest absolute Gasteiger partial charge is 0.264 e. The van der Waals surface area contributed by atoms with Gasteiger partial charge in [0.2, 0.25) is 0 Å². The number of nitrogens with one attached hydrogen (secondary N) is 1. The van der Waals surface area contributed by atoms with Crippen LogP contribution < -0.4 is 16.2 Å². The van der Waals surface area contributed by atoms with Gasteiger partial charge in [-0.2, -0.15) is 5.10 Å². The fourth-order valence-electron chi connectivity index (χ4n) is 5.33. The Bertz CT molecular complexity index is 1710. The van der Waals surface area contributed by atoms with E-state index in [1.807, 2.05) is 18.6 Å². The molecule has 8 nitrogen and oxygen atoms in total. The predicted octanol–water partition coefficient (Wildman–Crippen LogP) is 5.77. The van der Waals surface area contributed by atoms with Crippen LogP contribution in [0.25, 0.3) is 22.2 Å². The van der Waals surface area contributed by atoms with Crippen molar-refractivity contribution < 1.29 is 21.6 Å². The predicted molar refractivity (Wildman–Crippen MR) is 149 cm³/mol. The molecule has 2 aromatic carbocycles. The Kier molecular flexibility index (Phi) is 7.26. The highest BCUT2D eigenvalue weighted by atomic mass is 32.2. The molecule has 1 fully saturated rings. The third-order valence-corrected chi connectivity index (χ3v) is 8.80. The average molecular weight is 573 g/mol. The molecule has 0 spiro atoms. The van der Waals surface area contributed by atoms with Gasteiger partial charge >= 0.3 is 0 Å². The minimum atomic E-state index is -4.54. The highest BCUT2D eigenvalue weighted by Crippen LogP contribution is 2.42. The number of halogens is 3. The first kappa shape index (κ1) is 27.9. The summed E-state index contributed by atoms with van der Waals surface area (Å²) < 4.78 is 74.5. The molecule has 0 saturated heterocycles. The molecule has 5 N–H and O–H groups in total. The monoisotopic (exact) mass is 572 g/mol. The topological polar surface area (TPSA) is 129 Å². The van der Waals surface area contributed by atoms with Gasteiger partial charge in [0.05, 0.1) is 16.6 Å². The Morgan fingerprint density at radius 2 is 1.73 bits per heavy atom. The molecule has 0 bridgehead atoms. The van der Waals surface area contributed by atoms with Gasteiger partial charge in [-0.05, 0) is 81.7 Å². The first-order chi connectivity index (χ1) is 18.9. The van der Waals surface area contributed by atoms with Crippen LogP contribution in [0.1, 0.15) is 62.6 Å². The summed E-state index contributed by atoms with van der Waals surface area (Å²) in [5, 5.41) is 5.04. The maximum Gasteiger partial charge on any atom is 0.264 e. The molecule has 40 heavy (non-hydrogen) atoms. The van der Waals surface area contributed by atoms with Crippen LogP contribution in [-0.2, 0) is 10.0 Å². The maximum absolute atomic E-state index is 15.6. The molecule has 1 saturated carbocycles. The lowest BCUT2D eigenvalue weighted by atomic mass is 9.82. The van der Waals surface area contributed by atoms with Gasteiger partial charge in [-0.3, -0.25) is 9.40 Å². The number of anilines is 2. The van der Waals surface area contributed by atoms with Crippen molar-refractivity contribution in [1.29, 1.82) is 0 Å². The van der Waals surface area contributed by atoms with Crippen molar-refractivity contribution in [2.75, 3.05) is 10.5 Å². The summed E-state index contributed by atoms with van der Waals surface area (Å²) in [5.41, 5.74) is 13.7. The molecule has 5 rings (SSSR count). The van der Waals surface area contributed by atoms with E-state index in [9.17, 15) is 12.8 Å². The first-order valence-electron chi connectivity index (χ1n) is 13.1. The number of aryl methyl sites for hydroxylation is 1. The van der Waals surface area contributed by atoms with E-state index in [1.54, 1.807) is 17.8 Å². The minimum Gasteiger partial charge on any atom is -0.383 e. The van der Waals surface area contributed by atoms with Crippen LogP contribution in [-0.4, -0.2) is 29.2 Å². The van der Waals surface area contributed by atoms with Crippen LogP contribution in [0.3, 0.4) is 0 Å². The average Bonchev–Trinajstić information content (AvgIpc) is 3.30. The quantitative estimate of drug-likeness (QED) is 0.269. The van der Waals surface area contributed by atoms with Crippen molar-refractivity contribution in [3.05, 3.63) is 65.1 Å². The second-order valence-electron chi connectivity index (χ2n) is 10.7. The number of rotatable bonds is 6. The van der Waals surface area contributed by atoms with Crippen LogP contribution in [0.5, 0.6) is 0 Å². The number of fused-ring (bicyclic) bond motifs is 1. The molecular weight excluding hydrogens is 541 g/mol. The molecule has 1 aliphatic carbocycles. The maximum atomic E-state index is 15.6. The molecule has 0 radical (unpaired) electrons. The normalized spacial score (nSPS) is 18.0. The minimum absolute atomic E-state index is 0.0959. The molecule has 0 aliphatic heterocycles. The summed E-state index contributed by atoms with van der Waals surface area (Å²) in [6, 6.07) is 5.09. The van der Waals surface area contributed by atoms with Gasteiger partial charge in [0, 0.05) is 29.9 Å². The standard InChI is InChI=1S/C28H31F3N6O2S/c1-14(2)37-27-19(16-5-7-17(32)8-6-16)13-34-28(33)25(27)26(35-37)18-11-22(31)23(12-21(18)30)36-40(38,39)24-10-15(3)4-9-20(24)29/h4,9-14,16-17,36H,5-8,32H2,1-3H3,(H2,33,34). The van der Waals surface area contributed by atoms with Crippen LogP contribution in [0.15, 0.2) is 41.4 Å². The number of benzene rings is 2. The number of aromatic nitrogens is 3. The van der Waals surface area contributed by atoms with Gasteiger partial charge in [0.1, 0.15) is 33.9 Å². The van der Waals surface area contributed by atoms with Gasteiger partial charge in [-0.25, -0.2) is 26.6 Å². The van der Waals surface area contributed by atoms with Crippen molar-refractivity contribution in [3.63, 3.8) is 0 Å². The zero-order chi connectivity index (χ0) is 28.9. The van der Waals surface area contributed by atoms with Crippen molar-refractivity contribution in [2.24, 2.45) is 5.73 Å². The summed E-state index contributed by atoms with van der Waals surface area (Å²) in [6.07, 6.45) is 5.17. The van der Waals surface area contributed by atoms with E-state index in [-0.39, 0.29) is 35.1 Å². The van der Waals surface area contributed by atoms with Gasteiger partial charge < -0.3 is 11.5 Å².